The third-order valence-corrected chi connectivity index (χ3v) is 4.54. The monoisotopic (exact) mass is 332 g/mol. The smallest absolute Gasteiger partial charge is 0.115 e. The first kappa shape index (κ1) is 16.7. The Balaban J connectivity index is 2.35. The van der Waals surface area contributed by atoms with E-state index in [1.54, 1.807) is 36.4 Å². The molecular weight excluding hydrogens is 312 g/mol. The molecular formula is C22H20O3. The minimum Gasteiger partial charge on any atom is -0.508 e. The van der Waals surface area contributed by atoms with Crippen molar-refractivity contribution in [3.05, 3.63) is 102 Å². The molecule has 25 heavy (non-hydrogen) atoms. The van der Waals surface area contributed by atoms with E-state index in [9.17, 15) is 15.3 Å². The van der Waals surface area contributed by atoms with Crippen LogP contribution in [0.4, 0.5) is 0 Å². The van der Waals surface area contributed by atoms with Crippen LogP contribution in [-0.2, 0) is 5.41 Å². The highest BCUT2D eigenvalue weighted by molar-refractivity contribution is 5.59. The van der Waals surface area contributed by atoms with Crippen molar-refractivity contribution in [2.24, 2.45) is 0 Å². The van der Waals surface area contributed by atoms with E-state index >= 15 is 0 Å². The second kappa shape index (κ2) is 6.36. The molecule has 0 aliphatic rings. The van der Waals surface area contributed by atoms with Crippen molar-refractivity contribution >= 4 is 0 Å². The van der Waals surface area contributed by atoms with Gasteiger partial charge < -0.3 is 15.3 Å². The van der Waals surface area contributed by atoms with Crippen LogP contribution in [0.2, 0.25) is 0 Å². The van der Waals surface area contributed by atoms with E-state index in [1.165, 1.54) is 0 Å². The van der Waals surface area contributed by atoms with Gasteiger partial charge in [0.1, 0.15) is 17.2 Å². The second-order valence-corrected chi connectivity index (χ2v) is 6.17. The maximum atomic E-state index is 9.69. The minimum absolute atomic E-state index is 0.191. The maximum absolute atomic E-state index is 9.69. The van der Waals surface area contributed by atoms with Crippen LogP contribution in [0.25, 0.3) is 0 Å². The predicted octanol–water partition coefficient (Wildman–Crippen LogP) is 4.71. The SMILES string of the molecule is C=C(C)C(c1ccc(O)cc1)(c1ccc(O)cc1)c1ccc(O)cc1. The van der Waals surface area contributed by atoms with Gasteiger partial charge >= 0.3 is 0 Å². The Labute approximate surface area is 147 Å². The first-order chi connectivity index (χ1) is 11.9. The Bertz CT molecular complexity index is 765. The number of phenolic OH excluding ortho intramolecular Hbond substituents is 3. The van der Waals surface area contributed by atoms with Crippen LogP contribution in [-0.4, -0.2) is 15.3 Å². The van der Waals surface area contributed by atoms with Crippen molar-refractivity contribution in [2.45, 2.75) is 12.3 Å². The highest BCUT2D eigenvalue weighted by Crippen LogP contribution is 2.45. The lowest BCUT2D eigenvalue weighted by atomic mass is 9.65. The summed E-state index contributed by atoms with van der Waals surface area (Å²) in [7, 11) is 0. The van der Waals surface area contributed by atoms with E-state index in [1.807, 2.05) is 43.3 Å². The van der Waals surface area contributed by atoms with Crippen molar-refractivity contribution < 1.29 is 15.3 Å². The Morgan fingerprint density at radius 1 is 0.600 bits per heavy atom. The Hall–Kier alpha value is -3.20. The molecule has 0 aliphatic heterocycles. The molecule has 0 spiro atoms. The lowest BCUT2D eigenvalue weighted by Gasteiger charge is -2.37. The maximum Gasteiger partial charge on any atom is 0.115 e. The molecule has 0 bridgehead atoms. The van der Waals surface area contributed by atoms with Gasteiger partial charge in [-0.05, 0) is 60.0 Å². The summed E-state index contributed by atoms with van der Waals surface area (Å²) >= 11 is 0. The molecule has 126 valence electrons. The Morgan fingerprint density at radius 3 is 1.04 bits per heavy atom. The fourth-order valence-electron chi connectivity index (χ4n) is 3.37. The molecule has 3 aromatic rings. The van der Waals surface area contributed by atoms with Gasteiger partial charge in [-0.1, -0.05) is 48.6 Å². The van der Waals surface area contributed by atoms with Gasteiger partial charge in [-0.15, -0.1) is 0 Å². The summed E-state index contributed by atoms with van der Waals surface area (Å²) in [5.74, 6) is 0.572. The average molecular weight is 332 g/mol. The van der Waals surface area contributed by atoms with Gasteiger partial charge in [-0.2, -0.15) is 0 Å². The summed E-state index contributed by atoms with van der Waals surface area (Å²) in [4.78, 5) is 0. The number of aromatic hydroxyl groups is 3. The quantitative estimate of drug-likeness (QED) is 0.479. The summed E-state index contributed by atoms with van der Waals surface area (Å²) < 4.78 is 0. The molecule has 0 fully saturated rings. The second-order valence-electron chi connectivity index (χ2n) is 6.17. The van der Waals surface area contributed by atoms with Crippen molar-refractivity contribution in [2.75, 3.05) is 0 Å². The van der Waals surface area contributed by atoms with Crippen LogP contribution in [0.3, 0.4) is 0 Å². The van der Waals surface area contributed by atoms with E-state index < -0.39 is 5.41 Å². The molecule has 3 heteroatoms. The van der Waals surface area contributed by atoms with Crippen molar-refractivity contribution in [3.63, 3.8) is 0 Å². The Morgan fingerprint density at radius 2 is 0.840 bits per heavy atom. The van der Waals surface area contributed by atoms with E-state index in [2.05, 4.69) is 6.58 Å². The van der Waals surface area contributed by atoms with E-state index in [0.29, 0.717) is 0 Å². The van der Waals surface area contributed by atoms with Crippen LogP contribution in [0.15, 0.2) is 84.9 Å². The first-order valence-corrected chi connectivity index (χ1v) is 7.99. The van der Waals surface area contributed by atoms with Crippen LogP contribution in [0.5, 0.6) is 17.2 Å². The molecule has 0 unspecified atom stereocenters. The van der Waals surface area contributed by atoms with Crippen LogP contribution in [0.1, 0.15) is 23.6 Å². The molecule has 0 saturated heterocycles. The highest BCUT2D eigenvalue weighted by Gasteiger charge is 2.37. The van der Waals surface area contributed by atoms with E-state index in [4.69, 9.17) is 0 Å². The van der Waals surface area contributed by atoms with Gasteiger partial charge in [-0.3, -0.25) is 0 Å². The molecule has 0 saturated carbocycles. The topological polar surface area (TPSA) is 60.7 Å². The number of allylic oxidation sites excluding steroid dienone is 1. The van der Waals surface area contributed by atoms with Crippen molar-refractivity contribution in [3.8, 4) is 17.2 Å². The van der Waals surface area contributed by atoms with Crippen LogP contribution < -0.4 is 0 Å². The zero-order valence-electron chi connectivity index (χ0n) is 14.0. The molecule has 0 aromatic heterocycles. The molecule has 3 nitrogen and oxygen atoms in total. The third kappa shape index (κ3) is 2.85. The fourth-order valence-corrected chi connectivity index (χ4v) is 3.37. The molecule has 0 heterocycles. The van der Waals surface area contributed by atoms with E-state index in [-0.39, 0.29) is 17.2 Å². The number of rotatable bonds is 4. The first-order valence-electron chi connectivity index (χ1n) is 7.99. The molecule has 0 radical (unpaired) electrons. The zero-order chi connectivity index (χ0) is 18.0. The number of hydrogen-bond donors (Lipinski definition) is 3. The fraction of sp³-hybridized carbons (Fsp3) is 0.0909. The van der Waals surface area contributed by atoms with Gasteiger partial charge in [0, 0.05) is 0 Å². The summed E-state index contributed by atoms with van der Waals surface area (Å²) in [5.41, 5.74) is 3.03. The lowest BCUT2D eigenvalue weighted by molar-refractivity contribution is 0.474. The lowest BCUT2D eigenvalue weighted by Crippen LogP contribution is -2.30. The number of phenols is 3. The number of hydrogen-bond acceptors (Lipinski definition) is 3. The molecule has 0 atom stereocenters. The predicted molar refractivity (Wildman–Crippen MR) is 99.0 cm³/mol. The zero-order valence-corrected chi connectivity index (χ0v) is 14.0. The summed E-state index contributed by atoms with van der Waals surface area (Å²) in [6, 6.07) is 21.1. The summed E-state index contributed by atoms with van der Waals surface area (Å²) in [6.45, 7) is 6.19. The molecule has 3 aromatic carbocycles. The minimum atomic E-state index is -0.672. The third-order valence-electron chi connectivity index (χ3n) is 4.54. The molecule has 0 amide bonds. The van der Waals surface area contributed by atoms with Crippen LogP contribution in [0, 0.1) is 0 Å². The standard InChI is InChI=1S/C22H20O3/c1-15(2)22(16-3-9-19(23)10-4-16,17-5-11-20(24)12-6-17)18-7-13-21(25)14-8-18/h3-14,23-25H,1H2,2H3. The molecule has 3 rings (SSSR count). The van der Waals surface area contributed by atoms with Crippen molar-refractivity contribution in [1.29, 1.82) is 0 Å². The molecule has 0 aliphatic carbocycles. The summed E-state index contributed by atoms with van der Waals surface area (Å²) in [5, 5.41) is 29.1. The van der Waals surface area contributed by atoms with Crippen molar-refractivity contribution in [1.82, 2.24) is 0 Å². The number of benzene rings is 3. The summed E-state index contributed by atoms with van der Waals surface area (Å²) in [6.07, 6.45) is 0. The molecule has 3 N–H and O–H groups in total. The largest absolute Gasteiger partial charge is 0.508 e. The van der Waals surface area contributed by atoms with Crippen LogP contribution >= 0.6 is 0 Å². The van der Waals surface area contributed by atoms with Gasteiger partial charge in [0.2, 0.25) is 0 Å². The normalized spacial score (nSPS) is 11.2. The van der Waals surface area contributed by atoms with Gasteiger partial charge in [0.25, 0.3) is 0 Å². The van der Waals surface area contributed by atoms with Gasteiger partial charge in [-0.25, -0.2) is 0 Å². The highest BCUT2D eigenvalue weighted by atomic mass is 16.3. The van der Waals surface area contributed by atoms with Gasteiger partial charge in [0.05, 0.1) is 5.41 Å². The van der Waals surface area contributed by atoms with E-state index in [0.717, 1.165) is 22.3 Å². The van der Waals surface area contributed by atoms with Gasteiger partial charge in [0.15, 0.2) is 0 Å². The average Bonchev–Trinajstić information content (AvgIpc) is 2.60. The Kier molecular flexibility index (Phi) is 4.24.